The van der Waals surface area contributed by atoms with Crippen LogP contribution in [0.25, 0.3) is 0 Å². The number of hydrogen-bond donors (Lipinski definition) is 3. The summed E-state index contributed by atoms with van der Waals surface area (Å²) in [6.07, 6.45) is -2.24. The molecule has 2 bridgehead atoms. The number of aliphatic hydroxyl groups is 1. The van der Waals surface area contributed by atoms with Crippen LogP contribution in [0.3, 0.4) is 0 Å². The Morgan fingerprint density at radius 2 is 2.14 bits per heavy atom. The maximum Gasteiger partial charge on any atom is 0.421 e. The van der Waals surface area contributed by atoms with Crippen molar-refractivity contribution >= 4 is 17.6 Å². The van der Waals surface area contributed by atoms with Gasteiger partial charge in [0.2, 0.25) is 5.95 Å². The van der Waals surface area contributed by atoms with Crippen LogP contribution in [-0.4, -0.2) is 37.5 Å². The molecule has 0 radical (unpaired) electrons. The third-order valence-electron chi connectivity index (χ3n) is 5.08. The number of hydrogen-bond acceptors (Lipinski definition) is 7. The van der Waals surface area contributed by atoms with E-state index in [1.54, 1.807) is 4.68 Å². The normalized spacial score (nSPS) is 21.4. The lowest BCUT2D eigenvalue weighted by molar-refractivity contribution is -0.137. The molecule has 28 heavy (non-hydrogen) atoms. The molecule has 2 aliphatic rings. The first-order valence-corrected chi connectivity index (χ1v) is 9.10. The lowest BCUT2D eigenvalue weighted by Gasteiger charge is -2.37. The fourth-order valence-corrected chi connectivity index (χ4v) is 3.40. The summed E-state index contributed by atoms with van der Waals surface area (Å²) < 4.78 is 47.7. The Bertz CT molecular complexity index is 883. The molecule has 8 nitrogen and oxygen atoms in total. The second kappa shape index (κ2) is 6.80. The summed E-state index contributed by atoms with van der Waals surface area (Å²) in [7, 11) is 0. The fraction of sp³-hybridized carbons (Fsp3) is 0.588. The summed E-state index contributed by atoms with van der Waals surface area (Å²) in [5.41, 5.74) is -0.552. The molecular formula is C17H21F3N6O2. The van der Waals surface area contributed by atoms with Crippen LogP contribution in [0.4, 0.5) is 30.8 Å². The van der Waals surface area contributed by atoms with Gasteiger partial charge in [0.1, 0.15) is 17.1 Å². The van der Waals surface area contributed by atoms with Crippen molar-refractivity contribution in [1.82, 2.24) is 19.7 Å². The van der Waals surface area contributed by atoms with Gasteiger partial charge in [0.05, 0.1) is 13.2 Å². The molecule has 2 aromatic heterocycles. The Labute approximate surface area is 159 Å². The summed E-state index contributed by atoms with van der Waals surface area (Å²) in [4.78, 5) is 7.92. The van der Waals surface area contributed by atoms with E-state index in [-0.39, 0.29) is 36.4 Å². The summed E-state index contributed by atoms with van der Waals surface area (Å²) >= 11 is 0. The van der Waals surface area contributed by atoms with E-state index in [2.05, 4.69) is 25.7 Å². The van der Waals surface area contributed by atoms with Gasteiger partial charge in [0, 0.05) is 24.2 Å². The first-order chi connectivity index (χ1) is 13.3. The smallest absolute Gasteiger partial charge is 0.421 e. The Balaban J connectivity index is 1.83. The molecule has 0 amide bonds. The maximum absolute atomic E-state index is 13.4. The van der Waals surface area contributed by atoms with Gasteiger partial charge in [-0.25, -0.2) is 9.67 Å². The highest BCUT2D eigenvalue weighted by atomic mass is 19.4. The molecule has 3 heterocycles. The minimum atomic E-state index is -4.56. The lowest BCUT2D eigenvalue weighted by Crippen LogP contribution is -2.42. The zero-order valence-corrected chi connectivity index (χ0v) is 15.4. The van der Waals surface area contributed by atoms with Gasteiger partial charge in [-0.3, -0.25) is 0 Å². The minimum absolute atomic E-state index is 0.00980. The molecule has 0 saturated heterocycles. The molecule has 1 saturated carbocycles. The van der Waals surface area contributed by atoms with Crippen LogP contribution in [0.5, 0.6) is 5.75 Å². The van der Waals surface area contributed by atoms with E-state index in [0.29, 0.717) is 23.9 Å². The average Bonchev–Trinajstić information content (AvgIpc) is 2.95. The predicted molar refractivity (Wildman–Crippen MR) is 94.5 cm³/mol. The molecule has 1 fully saturated rings. The topological polar surface area (TPSA) is 97.1 Å². The van der Waals surface area contributed by atoms with E-state index in [9.17, 15) is 18.3 Å². The zero-order valence-electron chi connectivity index (χ0n) is 15.4. The molecule has 0 unspecified atom stereocenters. The van der Waals surface area contributed by atoms with Gasteiger partial charge in [-0.2, -0.15) is 23.3 Å². The molecule has 2 aromatic rings. The average molecular weight is 398 g/mol. The number of fused-ring (bicyclic) bond motifs is 4. The highest BCUT2D eigenvalue weighted by molar-refractivity contribution is 5.62. The number of aliphatic hydroxyl groups excluding tert-OH is 1. The Hall–Kier alpha value is -2.56. The summed E-state index contributed by atoms with van der Waals surface area (Å²) in [6.45, 7) is 3.76. The van der Waals surface area contributed by atoms with Crippen LogP contribution in [-0.2, 0) is 12.8 Å². The third kappa shape index (κ3) is 3.23. The predicted octanol–water partition coefficient (Wildman–Crippen LogP) is 3.09. The highest BCUT2D eigenvalue weighted by Crippen LogP contribution is 2.40. The number of nitrogens with one attached hydrogen (secondary N) is 2. The van der Waals surface area contributed by atoms with Crippen molar-refractivity contribution in [3.05, 3.63) is 17.5 Å². The fourth-order valence-electron chi connectivity index (χ4n) is 3.40. The van der Waals surface area contributed by atoms with Crippen molar-refractivity contribution in [2.75, 3.05) is 17.2 Å². The summed E-state index contributed by atoms with van der Waals surface area (Å²) in [6, 6.07) is -0.262. The molecule has 11 heteroatoms. The highest BCUT2D eigenvalue weighted by Gasteiger charge is 2.39. The molecular weight excluding hydrogens is 377 g/mol. The van der Waals surface area contributed by atoms with E-state index in [4.69, 9.17) is 4.74 Å². The van der Waals surface area contributed by atoms with Crippen molar-refractivity contribution in [3.63, 3.8) is 0 Å². The number of anilines is 3. The van der Waals surface area contributed by atoms with Crippen LogP contribution in [0.1, 0.15) is 44.0 Å². The molecule has 2 atom stereocenters. The van der Waals surface area contributed by atoms with Crippen LogP contribution in [0.2, 0.25) is 0 Å². The molecule has 1 aliphatic heterocycles. The van der Waals surface area contributed by atoms with Crippen LogP contribution >= 0.6 is 0 Å². The second-order valence-corrected chi connectivity index (χ2v) is 7.30. The standard InChI is InChI=1S/C17H21F3N6O2/c1-8(2)26-15-13(12(6-27)25-26)28-7-9-3-4-11(9)22-14-10(17(18,19)20)5-21-16(23-14)24-15/h5,8-9,11,27H,3-4,6-7H2,1-2H3,(H2,21,22,23,24)/t9-,11+/m0/s1. The number of rotatable bonds is 2. The number of ether oxygens (including phenoxy) is 1. The van der Waals surface area contributed by atoms with Gasteiger partial charge < -0.3 is 20.5 Å². The Kier molecular flexibility index (Phi) is 4.56. The number of aromatic nitrogens is 4. The monoisotopic (exact) mass is 398 g/mol. The van der Waals surface area contributed by atoms with E-state index in [1.807, 2.05) is 13.8 Å². The van der Waals surface area contributed by atoms with Crippen molar-refractivity contribution in [3.8, 4) is 5.75 Å². The lowest BCUT2D eigenvalue weighted by atomic mass is 9.80. The Morgan fingerprint density at radius 1 is 1.36 bits per heavy atom. The minimum Gasteiger partial charge on any atom is -0.487 e. The van der Waals surface area contributed by atoms with Crippen LogP contribution in [0, 0.1) is 5.92 Å². The van der Waals surface area contributed by atoms with Crippen LogP contribution in [0.15, 0.2) is 6.20 Å². The van der Waals surface area contributed by atoms with Crippen molar-refractivity contribution < 1.29 is 23.0 Å². The third-order valence-corrected chi connectivity index (χ3v) is 5.08. The molecule has 3 N–H and O–H groups in total. The van der Waals surface area contributed by atoms with E-state index in [1.165, 1.54) is 0 Å². The van der Waals surface area contributed by atoms with Crippen molar-refractivity contribution in [1.29, 1.82) is 0 Å². The molecule has 0 aromatic carbocycles. The summed E-state index contributed by atoms with van der Waals surface area (Å²) in [5.74, 6) is 0.543. The number of alkyl halides is 3. The van der Waals surface area contributed by atoms with Gasteiger partial charge in [-0.15, -0.1) is 0 Å². The van der Waals surface area contributed by atoms with E-state index in [0.717, 1.165) is 19.0 Å². The molecule has 152 valence electrons. The molecule has 1 aliphatic carbocycles. The number of halogens is 3. The van der Waals surface area contributed by atoms with Gasteiger partial charge in [0.15, 0.2) is 11.6 Å². The van der Waals surface area contributed by atoms with Gasteiger partial charge >= 0.3 is 6.18 Å². The first kappa shape index (κ1) is 18.8. The van der Waals surface area contributed by atoms with Crippen LogP contribution < -0.4 is 15.4 Å². The first-order valence-electron chi connectivity index (χ1n) is 9.10. The van der Waals surface area contributed by atoms with Gasteiger partial charge in [-0.1, -0.05) is 0 Å². The van der Waals surface area contributed by atoms with Gasteiger partial charge in [0.25, 0.3) is 0 Å². The SMILES string of the molecule is CC(C)n1nc(CO)c2c1Nc1ncc(C(F)(F)F)c(n1)N[C@@H]1CC[C@H]1CO2. The van der Waals surface area contributed by atoms with Crippen molar-refractivity contribution in [2.24, 2.45) is 5.92 Å². The van der Waals surface area contributed by atoms with E-state index < -0.39 is 11.7 Å². The summed E-state index contributed by atoms with van der Waals surface area (Å²) in [5, 5.41) is 19.9. The van der Waals surface area contributed by atoms with E-state index >= 15 is 0 Å². The van der Waals surface area contributed by atoms with Gasteiger partial charge in [-0.05, 0) is 26.7 Å². The molecule has 0 spiro atoms. The number of nitrogens with zero attached hydrogens (tertiary/aromatic N) is 4. The second-order valence-electron chi connectivity index (χ2n) is 7.30. The maximum atomic E-state index is 13.4. The largest absolute Gasteiger partial charge is 0.487 e. The Morgan fingerprint density at radius 3 is 2.75 bits per heavy atom. The quantitative estimate of drug-likeness (QED) is 0.715. The molecule has 4 rings (SSSR count). The zero-order chi connectivity index (χ0) is 20.1. The van der Waals surface area contributed by atoms with Crippen molar-refractivity contribution in [2.45, 2.75) is 51.6 Å².